The van der Waals surface area contributed by atoms with Gasteiger partial charge >= 0.3 is 0 Å². The Morgan fingerprint density at radius 2 is 1.30 bits per heavy atom. The van der Waals surface area contributed by atoms with E-state index < -0.39 is 0 Å². The zero-order valence-corrected chi connectivity index (χ0v) is 18.9. The minimum atomic E-state index is 0.534. The summed E-state index contributed by atoms with van der Waals surface area (Å²) in [6.45, 7) is 13.0. The summed E-state index contributed by atoms with van der Waals surface area (Å²) in [6.07, 6.45) is 14.8. The van der Waals surface area contributed by atoms with Gasteiger partial charge in [-0.1, -0.05) is 47.6 Å². The predicted molar refractivity (Wildman–Crippen MR) is 124 cm³/mol. The molecule has 0 spiro atoms. The molecule has 0 saturated carbocycles. The highest BCUT2D eigenvalue weighted by molar-refractivity contribution is 5.42. The Morgan fingerprint density at radius 3 is 1.80 bits per heavy atom. The lowest BCUT2D eigenvalue weighted by Gasteiger charge is -2.04. The van der Waals surface area contributed by atoms with E-state index >= 15 is 0 Å². The first-order chi connectivity index (χ1) is 14.4. The van der Waals surface area contributed by atoms with Crippen LogP contribution in [0.5, 0.6) is 0 Å². The maximum atomic E-state index is 4.22. The second kappa shape index (κ2) is 11.8. The third kappa shape index (κ3) is 7.39. The lowest BCUT2D eigenvalue weighted by atomic mass is 10.1. The van der Waals surface area contributed by atoms with Gasteiger partial charge in [0.2, 0.25) is 0 Å². The van der Waals surface area contributed by atoms with Gasteiger partial charge in [0, 0.05) is 43.4 Å². The summed E-state index contributed by atoms with van der Waals surface area (Å²) in [6, 6.07) is 8.33. The summed E-state index contributed by atoms with van der Waals surface area (Å²) in [5, 5.41) is 0. The van der Waals surface area contributed by atoms with Crippen LogP contribution in [0.4, 0.5) is 0 Å². The molecule has 0 amide bonds. The third-order valence-electron chi connectivity index (χ3n) is 4.69. The Balaban J connectivity index is 0.000000163. The Hall–Kier alpha value is -3.08. The minimum absolute atomic E-state index is 0.534. The Labute approximate surface area is 180 Å². The van der Waals surface area contributed by atoms with Crippen LogP contribution in [0.3, 0.4) is 0 Å². The van der Waals surface area contributed by atoms with E-state index in [2.05, 4.69) is 85.9 Å². The van der Waals surface area contributed by atoms with Crippen molar-refractivity contribution in [2.24, 2.45) is 0 Å². The van der Waals surface area contributed by atoms with Crippen LogP contribution in [-0.2, 0) is 0 Å². The first kappa shape index (κ1) is 23.2. The fourth-order valence-corrected chi connectivity index (χ4v) is 2.61. The average Bonchev–Trinajstić information content (AvgIpc) is 3.24. The van der Waals surface area contributed by atoms with Gasteiger partial charge < -0.3 is 4.40 Å². The SMILES string of the molecule is CC(C)c1cccnc1.CC(C)c1ccn2ccnc2c1.CC(C)c1cncnc1. The highest BCUT2D eigenvalue weighted by Gasteiger charge is 2.00. The number of rotatable bonds is 3. The van der Waals surface area contributed by atoms with Gasteiger partial charge in [0.15, 0.2) is 0 Å². The predicted octanol–water partition coefficient (Wildman–Crippen LogP) is 6.26. The summed E-state index contributed by atoms with van der Waals surface area (Å²) in [4.78, 5) is 16.0. The fraction of sp³-hybridized carbons (Fsp3) is 0.360. The van der Waals surface area contributed by atoms with E-state index in [0.717, 1.165) is 5.65 Å². The molecule has 0 radical (unpaired) electrons. The molecule has 0 N–H and O–H groups in total. The Morgan fingerprint density at radius 1 is 0.667 bits per heavy atom. The van der Waals surface area contributed by atoms with Crippen LogP contribution in [0.25, 0.3) is 5.65 Å². The number of nitrogens with zero attached hydrogens (tertiary/aromatic N) is 5. The number of fused-ring (bicyclic) bond motifs is 1. The summed E-state index contributed by atoms with van der Waals surface area (Å²) in [7, 11) is 0. The topological polar surface area (TPSA) is 56.0 Å². The van der Waals surface area contributed by atoms with Gasteiger partial charge in [-0.2, -0.15) is 0 Å². The number of imidazole rings is 1. The van der Waals surface area contributed by atoms with Crippen LogP contribution < -0.4 is 0 Å². The van der Waals surface area contributed by atoms with Crippen molar-refractivity contribution in [1.29, 1.82) is 0 Å². The molecule has 30 heavy (non-hydrogen) atoms. The maximum Gasteiger partial charge on any atom is 0.136 e. The van der Waals surface area contributed by atoms with E-state index in [0.29, 0.717) is 17.8 Å². The van der Waals surface area contributed by atoms with Crippen LogP contribution in [0.1, 0.15) is 76.0 Å². The van der Waals surface area contributed by atoms with Crippen LogP contribution >= 0.6 is 0 Å². The van der Waals surface area contributed by atoms with Crippen LogP contribution in [0.15, 0.2) is 74.0 Å². The molecule has 4 aromatic heterocycles. The van der Waals surface area contributed by atoms with Crippen molar-refractivity contribution >= 4 is 5.65 Å². The largest absolute Gasteiger partial charge is 0.307 e. The molecule has 4 rings (SSSR count). The molecule has 0 aliphatic heterocycles. The van der Waals surface area contributed by atoms with Crippen molar-refractivity contribution in [1.82, 2.24) is 24.3 Å². The average molecular weight is 404 g/mol. The van der Waals surface area contributed by atoms with Crippen molar-refractivity contribution in [2.75, 3.05) is 0 Å². The molecular weight excluding hydrogens is 370 g/mol. The van der Waals surface area contributed by atoms with Crippen LogP contribution in [-0.4, -0.2) is 24.3 Å². The normalized spacial score (nSPS) is 10.6. The van der Waals surface area contributed by atoms with E-state index in [1.807, 2.05) is 41.5 Å². The molecule has 4 heterocycles. The summed E-state index contributed by atoms with van der Waals surface area (Å²) in [5.41, 5.74) is 4.87. The van der Waals surface area contributed by atoms with Crippen LogP contribution in [0, 0.1) is 0 Å². The molecule has 4 aromatic rings. The Kier molecular flexibility index (Phi) is 9.13. The van der Waals surface area contributed by atoms with Crippen LogP contribution in [0.2, 0.25) is 0 Å². The summed E-state index contributed by atoms with van der Waals surface area (Å²) < 4.78 is 2.02. The quantitative estimate of drug-likeness (QED) is 0.405. The summed E-state index contributed by atoms with van der Waals surface area (Å²) in [5.74, 6) is 1.71. The van der Waals surface area contributed by atoms with Gasteiger partial charge in [0.1, 0.15) is 12.0 Å². The number of hydrogen-bond donors (Lipinski definition) is 0. The minimum Gasteiger partial charge on any atom is -0.307 e. The fourth-order valence-electron chi connectivity index (χ4n) is 2.61. The summed E-state index contributed by atoms with van der Waals surface area (Å²) >= 11 is 0. The first-order valence-electron chi connectivity index (χ1n) is 10.5. The van der Waals surface area contributed by atoms with E-state index in [1.165, 1.54) is 16.7 Å². The number of pyridine rings is 2. The van der Waals surface area contributed by atoms with Gasteiger partial charge in [-0.25, -0.2) is 15.0 Å². The maximum absolute atomic E-state index is 4.22. The molecule has 0 bridgehead atoms. The second-order valence-corrected chi connectivity index (χ2v) is 8.08. The molecular formula is C25H33N5. The van der Waals surface area contributed by atoms with E-state index in [4.69, 9.17) is 0 Å². The van der Waals surface area contributed by atoms with Crippen molar-refractivity contribution < 1.29 is 0 Å². The molecule has 0 saturated heterocycles. The lowest BCUT2D eigenvalue weighted by Crippen LogP contribution is -1.90. The molecule has 0 aromatic carbocycles. The van der Waals surface area contributed by atoms with E-state index in [9.17, 15) is 0 Å². The molecule has 158 valence electrons. The van der Waals surface area contributed by atoms with E-state index in [-0.39, 0.29) is 0 Å². The highest BCUT2D eigenvalue weighted by atomic mass is 15.0. The van der Waals surface area contributed by atoms with Gasteiger partial charge in [-0.3, -0.25) is 4.98 Å². The standard InChI is InChI=1S/C10H12N2.C8H11N.C7H10N2/c1-8(2)9-3-5-12-6-4-11-10(12)7-9;1-7(2)8-4-3-5-9-6-8;1-6(2)7-3-8-5-9-4-7/h3-8H,1-2H3;3-7H,1-2H3;3-6H,1-2H3. The molecule has 0 aliphatic rings. The molecule has 0 unspecified atom stereocenters. The number of aromatic nitrogens is 5. The first-order valence-corrected chi connectivity index (χ1v) is 10.5. The van der Waals surface area contributed by atoms with Crippen molar-refractivity contribution in [3.05, 3.63) is 90.7 Å². The van der Waals surface area contributed by atoms with Gasteiger partial charge in [0.05, 0.1) is 0 Å². The molecule has 5 nitrogen and oxygen atoms in total. The zero-order chi connectivity index (χ0) is 21.9. The third-order valence-corrected chi connectivity index (χ3v) is 4.69. The highest BCUT2D eigenvalue weighted by Crippen LogP contribution is 2.15. The second-order valence-electron chi connectivity index (χ2n) is 8.08. The van der Waals surface area contributed by atoms with Crippen molar-refractivity contribution in [3.8, 4) is 0 Å². The van der Waals surface area contributed by atoms with Gasteiger partial charge in [0.25, 0.3) is 0 Å². The van der Waals surface area contributed by atoms with Crippen molar-refractivity contribution in [2.45, 2.75) is 59.3 Å². The van der Waals surface area contributed by atoms with Gasteiger partial charge in [-0.15, -0.1) is 0 Å². The van der Waals surface area contributed by atoms with E-state index in [1.54, 1.807) is 12.5 Å². The Bertz CT molecular complexity index is 933. The molecule has 0 atom stereocenters. The molecule has 0 fully saturated rings. The van der Waals surface area contributed by atoms with Gasteiger partial charge in [-0.05, 0) is 52.6 Å². The number of hydrogen-bond acceptors (Lipinski definition) is 4. The lowest BCUT2D eigenvalue weighted by molar-refractivity contribution is 0.845. The van der Waals surface area contributed by atoms with Crippen molar-refractivity contribution in [3.63, 3.8) is 0 Å². The monoisotopic (exact) mass is 403 g/mol. The molecule has 5 heteroatoms. The zero-order valence-electron chi connectivity index (χ0n) is 18.9. The molecule has 0 aliphatic carbocycles. The smallest absolute Gasteiger partial charge is 0.136 e.